The molecule has 1 heterocycles. The number of anilines is 1. The van der Waals surface area contributed by atoms with Crippen LogP contribution in [0.5, 0.6) is 0 Å². The Morgan fingerprint density at radius 3 is 2.68 bits per heavy atom. The van der Waals surface area contributed by atoms with Crippen molar-refractivity contribution < 1.29 is 8.42 Å². The van der Waals surface area contributed by atoms with Crippen molar-refractivity contribution in [2.75, 3.05) is 4.72 Å². The maximum atomic E-state index is 12.3. The topological polar surface area (TPSA) is 74.8 Å². The largest absolute Gasteiger partial charge is 0.281 e. The van der Waals surface area contributed by atoms with Crippen LogP contribution in [0.4, 0.5) is 5.69 Å². The number of benzene rings is 1. The number of sulfonamides is 1. The summed E-state index contributed by atoms with van der Waals surface area (Å²) < 4.78 is 27.1. The van der Waals surface area contributed by atoms with Crippen LogP contribution in [0.25, 0.3) is 0 Å². The Hall–Kier alpha value is -2.26. The first kappa shape index (κ1) is 13.2. The Kier molecular flexibility index (Phi) is 3.32. The van der Waals surface area contributed by atoms with Crippen molar-refractivity contribution in [3.8, 4) is 12.3 Å². The van der Waals surface area contributed by atoms with Crippen molar-refractivity contribution in [2.45, 2.75) is 18.7 Å². The summed E-state index contributed by atoms with van der Waals surface area (Å²) in [5, 5.41) is 6.53. The Morgan fingerprint density at radius 1 is 1.37 bits per heavy atom. The molecule has 0 unspecified atom stereocenters. The van der Waals surface area contributed by atoms with E-state index in [-0.39, 0.29) is 4.90 Å². The van der Waals surface area contributed by atoms with E-state index >= 15 is 0 Å². The molecule has 1 aromatic heterocycles. The molecule has 2 N–H and O–H groups in total. The van der Waals surface area contributed by atoms with Crippen LogP contribution in [0.2, 0.25) is 0 Å². The molecule has 0 radical (unpaired) electrons. The van der Waals surface area contributed by atoms with Gasteiger partial charge in [-0.25, -0.2) is 8.42 Å². The molecule has 0 spiro atoms. The Bertz CT molecular complexity index is 735. The minimum atomic E-state index is -3.67. The molecule has 0 saturated carbocycles. The van der Waals surface area contributed by atoms with Crippen LogP contribution in [0.3, 0.4) is 0 Å². The van der Waals surface area contributed by atoms with Crippen molar-refractivity contribution in [2.24, 2.45) is 0 Å². The van der Waals surface area contributed by atoms with Gasteiger partial charge in [-0.1, -0.05) is 12.0 Å². The molecule has 0 aliphatic carbocycles. The Labute approximate surface area is 112 Å². The highest BCUT2D eigenvalue weighted by Crippen LogP contribution is 2.21. The molecule has 1 aromatic carbocycles. The van der Waals surface area contributed by atoms with Gasteiger partial charge in [-0.2, -0.15) is 5.10 Å². The van der Waals surface area contributed by atoms with E-state index in [1.54, 1.807) is 38.1 Å². The summed E-state index contributed by atoms with van der Waals surface area (Å²) >= 11 is 0. The van der Waals surface area contributed by atoms with Crippen LogP contribution in [0.1, 0.15) is 17.0 Å². The zero-order valence-electron chi connectivity index (χ0n) is 10.6. The Morgan fingerprint density at radius 2 is 2.11 bits per heavy atom. The number of nitrogens with one attached hydrogen (secondary N) is 2. The van der Waals surface area contributed by atoms with Gasteiger partial charge in [0, 0.05) is 5.56 Å². The molecule has 0 saturated heterocycles. The van der Waals surface area contributed by atoms with Gasteiger partial charge < -0.3 is 0 Å². The van der Waals surface area contributed by atoms with Gasteiger partial charge in [-0.3, -0.25) is 9.82 Å². The van der Waals surface area contributed by atoms with Crippen LogP contribution in [0, 0.1) is 26.2 Å². The summed E-state index contributed by atoms with van der Waals surface area (Å²) in [5.41, 5.74) is 1.97. The summed E-state index contributed by atoms with van der Waals surface area (Å²) in [6, 6.07) is 6.67. The molecule has 6 heteroatoms. The number of terminal acetylenes is 1. The van der Waals surface area contributed by atoms with Gasteiger partial charge in [0.1, 0.15) is 4.90 Å². The third-order valence-corrected chi connectivity index (χ3v) is 4.25. The maximum absolute atomic E-state index is 12.3. The second-order valence-corrected chi connectivity index (χ2v) is 5.71. The fourth-order valence-electron chi connectivity index (χ4n) is 1.82. The predicted octanol–water partition coefficient (Wildman–Crippen LogP) is 1.81. The molecule has 0 amide bonds. The lowest BCUT2D eigenvalue weighted by molar-refractivity contribution is 0.600. The van der Waals surface area contributed by atoms with Gasteiger partial charge in [0.05, 0.1) is 17.1 Å². The van der Waals surface area contributed by atoms with Crippen molar-refractivity contribution in [1.82, 2.24) is 10.2 Å². The predicted molar refractivity (Wildman–Crippen MR) is 73.2 cm³/mol. The lowest BCUT2D eigenvalue weighted by Gasteiger charge is -2.08. The number of rotatable bonds is 3. The first-order chi connectivity index (χ1) is 8.94. The van der Waals surface area contributed by atoms with Crippen molar-refractivity contribution in [3.63, 3.8) is 0 Å². The lowest BCUT2D eigenvalue weighted by Crippen LogP contribution is -2.14. The van der Waals surface area contributed by atoms with Crippen LogP contribution < -0.4 is 4.72 Å². The van der Waals surface area contributed by atoms with E-state index in [1.807, 2.05) is 0 Å². The molecule has 0 fully saturated rings. The third kappa shape index (κ3) is 2.61. The highest BCUT2D eigenvalue weighted by atomic mass is 32.2. The second kappa shape index (κ2) is 4.78. The summed E-state index contributed by atoms with van der Waals surface area (Å²) in [7, 11) is -3.67. The summed E-state index contributed by atoms with van der Waals surface area (Å²) in [4.78, 5) is 0.165. The molecule has 0 aliphatic heterocycles. The van der Waals surface area contributed by atoms with Gasteiger partial charge in [0.2, 0.25) is 0 Å². The highest BCUT2D eigenvalue weighted by molar-refractivity contribution is 7.92. The summed E-state index contributed by atoms with van der Waals surface area (Å²) in [6.45, 7) is 3.29. The second-order valence-electron chi connectivity index (χ2n) is 4.09. The summed E-state index contributed by atoms with van der Waals surface area (Å²) in [5.74, 6) is 2.46. The van der Waals surface area contributed by atoms with Crippen molar-refractivity contribution in [3.05, 3.63) is 41.2 Å². The molecule has 5 nitrogen and oxygen atoms in total. The zero-order chi connectivity index (χ0) is 14.0. The number of hydrogen-bond donors (Lipinski definition) is 2. The smallest absolute Gasteiger partial charge is 0.265 e. The average molecular weight is 275 g/mol. The van der Waals surface area contributed by atoms with Gasteiger partial charge >= 0.3 is 0 Å². The quantitative estimate of drug-likeness (QED) is 0.839. The molecule has 98 valence electrons. The third-order valence-electron chi connectivity index (χ3n) is 2.61. The molecular weight excluding hydrogens is 262 g/mol. The zero-order valence-corrected chi connectivity index (χ0v) is 11.4. The number of H-pyrrole nitrogens is 1. The standard InChI is InChI=1S/C13H13N3O2S/c1-4-11-6-5-7-12(8-11)16-19(17,18)13-9(2)14-15-10(13)3/h1,5-8,16H,2-3H3,(H,14,15). The molecule has 2 aromatic rings. The highest BCUT2D eigenvalue weighted by Gasteiger charge is 2.22. The minimum Gasteiger partial charge on any atom is -0.281 e. The van der Waals surface area contributed by atoms with E-state index in [0.29, 0.717) is 22.6 Å². The number of hydrogen-bond acceptors (Lipinski definition) is 3. The monoisotopic (exact) mass is 275 g/mol. The van der Waals surface area contributed by atoms with Crippen LogP contribution in [0.15, 0.2) is 29.2 Å². The van der Waals surface area contributed by atoms with E-state index in [9.17, 15) is 8.42 Å². The fourth-order valence-corrected chi connectivity index (χ4v) is 3.24. The van der Waals surface area contributed by atoms with Gasteiger partial charge in [0.25, 0.3) is 10.0 Å². The van der Waals surface area contributed by atoms with Crippen LogP contribution >= 0.6 is 0 Å². The van der Waals surface area contributed by atoms with E-state index in [1.165, 1.54) is 0 Å². The van der Waals surface area contributed by atoms with Gasteiger partial charge in [0.15, 0.2) is 0 Å². The molecule has 19 heavy (non-hydrogen) atoms. The van der Waals surface area contributed by atoms with E-state index in [4.69, 9.17) is 6.42 Å². The number of aromatic nitrogens is 2. The fraction of sp³-hybridized carbons (Fsp3) is 0.154. The van der Waals surface area contributed by atoms with Crippen molar-refractivity contribution in [1.29, 1.82) is 0 Å². The molecule has 0 atom stereocenters. The van der Waals surface area contributed by atoms with E-state index in [0.717, 1.165) is 0 Å². The van der Waals surface area contributed by atoms with Gasteiger partial charge in [-0.05, 0) is 32.0 Å². The van der Waals surface area contributed by atoms with Crippen LogP contribution in [-0.4, -0.2) is 18.6 Å². The van der Waals surface area contributed by atoms with E-state index in [2.05, 4.69) is 20.8 Å². The molecule has 0 bridgehead atoms. The first-order valence-electron chi connectivity index (χ1n) is 5.55. The summed E-state index contributed by atoms with van der Waals surface area (Å²) in [6.07, 6.45) is 5.28. The van der Waals surface area contributed by atoms with Crippen LogP contribution in [-0.2, 0) is 10.0 Å². The van der Waals surface area contributed by atoms with Crippen molar-refractivity contribution >= 4 is 15.7 Å². The first-order valence-corrected chi connectivity index (χ1v) is 7.03. The number of nitrogens with zero attached hydrogens (tertiary/aromatic N) is 1. The normalized spacial score (nSPS) is 11.0. The molecule has 2 rings (SSSR count). The lowest BCUT2D eigenvalue weighted by atomic mass is 10.2. The minimum absolute atomic E-state index is 0.165. The number of aromatic amines is 1. The molecular formula is C13H13N3O2S. The number of aryl methyl sites for hydroxylation is 2. The SMILES string of the molecule is C#Cc1cccc(NS(=O)(=O)c2c(C)n[nH]c2C)c1. The van der Waals surface area contributed by atoms with E-state index < -0.39 is 10.0 Å². The Balaban J connectivity index is 2.40. The van der Waals surface area contributed by atoms with Gasteiger partial charge in [-0.15, -0.1) is 6.42 Å². The average Bonchev–Trinajstić information content (AvgIpc) is 2.69. The maximum Gasteiger partial charge on any atom is 0.265 e. The molecule has 0 aliphatic rings.